The predicted octanol–water partition coefficient (Wildman–Crippen LogP) is 4.85. The smallest absolute Gasteiger partial charge is 0.220 e. The number of hydrogen-bond donors (Lipinski definition) is 2. The van der Waals surface area contributed by atoms with Crippen molar-refractivity contribution in [3.63, 3.8) is 0 Å². The Morgan fingerprint density at radius 2 is 1.84 bits per heavy atom. The van der Waals surface area contributed by atoms with Crippen LogP contribution in [0.4, 0.5) is 4.39 Å². The molecule has 200 valence electrons. The molecular formula is C30H38FNO5. The van der Waals surface area contributed by atoms with E-state index in [0.717, 1.165) is 30.6 Å². The van der Waals surface area contributed by atoms with Crippen LogP contribution in [0.2, 0.25) is 0 Å². The maximum Gasteiger partial charge on any atom is 0.220 e. The minimum atomic E-state index is -0.518. The fourth-order valence-electron chi connectivity index (χ4n) is 7.13. The summed E-state index contributed by atoms with van der Waals surface area (Å²) < 4.78 is 31.7. The number of halogens is 1. The standard InChI is InChI=1S/C30H38FNO5/c1-29-15-14-26-30(2,19-36-28(37-26)18-35-22-6-4-3-5-7-22)25(29)13-12-24(33)23(29)16-27(34)32-17-20-8-10-21(31)11-9-20/h3-11,23-26,28,33H,12-19H2,1-2H3,(H,32,34)/t23-,24-,25-,26-,28-,29+,30+/m1/s1. The number of fused-ring (bicyclic) bond motifs is 3. The fourth-order valence-corrected chi connectivity index (χ4v) is 7.13. The molecule has 0 spiro atoms. The van der Waals surface area contributed by atoms with E-state index < -0.39 is 12.4 Å². The fraction of sp³-hybridized carbons (Fsp3) is 0.567. The van der Waals surface area contributed by atoms with Gasteiger partial charge in [-0.3, -0.25) is 4.79 Å². The number of benzene rings is 2. The molecule has 3 fully saturated rings. The Balaban J connectivity index is 1.22. The maximum absolute atomic E-state index is 13.2. The lowest BCUT2D eigenvalue weighted by atomic mass is 9.46. The Morgan fingerprint density at radius 1 is 1.08 bits per heavy atom. The summed E-state index contributed by atoms with van der Waals surface area (Å²) in [4.78, 5) is 12.9. The third-order valence-corrected chi connectivity index (χ3v) is 9.17. The highest BCUT2D eigenvalue weighted by molar-refractivity contribution is 5.76. The summed E-state index contributed by atoms with van der Waals surface area (Å²) in [6, 6.07) is 15.8. The summed E-state index contributed by atoms with van der Waals surface area (Å²) in [7, 11) is 0. The topological polar surface area (TPSA) is 77.0 Å². The number of ether oxygens (including phenoxy) is 3. The van der Waals surface area contributed by atoms with Gasteiger partial charge in [-0.2, -0.15) is 0 Å². The van der Waals surface area contributed by atoms with Crippen LogP contribution in [0.5, 0.6) is 5.75 Å². The molecular weight excluding hydrogens is 473 g/mol. The summed E-state index contributed by atoms with van der Waals surface area (Å²) in [5.41, 5.74) is 0.452. The van der Waals surface area contributed by atoms with Crippen LogP contribution in [-0.2, 0) is 20.8 Å². The van der Waals surface area contributed by atoms with Crippen molar-refractivity contribution in [1.29, 1.82) is 0 Å². The first-order valence-corrected chi connectivity index (χ1v) is 13.4. The second-order valence-electron chi connectivity index (χ2n) is 11.5. The molecule has 1 saturated heterocycles. The Morgan fingerprint density at radius 3 is 2.59 bits per heavy atom. The normalized spacial score (nSPS) is 35.2. The zero-order chi connectivity index (χ0) is 26.0. The Labute approximate surface area is 218 Å². The quantitative estimate of drug-likeness (QED) is 0.556. The molecule has 6 nitrogen and oxygen atoms in total. The van der Waals surface area contributed by atoms with Gasteiger partial charge in [0, 0.05) is 18.4 Å². The van der Waals surface area contributed by atoms with Crippen LogP contribution in [-0.4, -0.2) is 42.7 Å². The number of rotatable bonds is 7. The van der Waals surface area contributed by atoms with Gasteiger partial charge in [-0.25, -0.2) is 4.39 Å². The molecule has 0 aromatic heterocycles. The first-order valence-electron chi connectivity index (χ1n) is 13.4. The van der Waals surface area contributed by atoms with E-state index >= 15 is 0 Å². The van der Waals surface area contributed by atoms with E-state index in [1.807, 2.05) is 30.3 Å². The minimum absolute atomic E-state index is 0.0480. The third kappa shape index (κ3) is 5.40. The molecule has 37 heavy (non-hydrogen) atoms. The first kappa shape index (κ1) is 26.1. The summed E-state index contributed by atoms with van der Waals surface area (Å²) in [5, 5.41) is 14.0. The highest BCUT2D eigenvalue weighted by Gasteiger charge is 2.61. The molecule has 1 heterocycles. The van der Waals surface area contributed by atoms with Gasteiger partial charge in [-0.1, -0.05) is 44.2 Å². The highest BCUT2D eigenvalue weighted by atomic mass is 19.1. The molecule has 7 atom stereocenters. The van der Waals surface area contributed by atoms with Gasteiger partial charge < -0.3 is 24.6 Å². The molecule has 3 aliphatic rings. The molecule has 2 aliphatic carbocycles. The average molecular weight is 512 g/mol. The van der Waals surface area contributed by atoms with Crippen LogP contribution in [0.25, 0.3) is 0 Å². The highest BCUT2D eigenvalue weighted by Crippen LogP contribution is 2.62. The maximum atomic E-state index is 13.2. The van der Waals surface area contributed by atoms with E-state index in [1.165, 1.54) is 12.1 Å². The van der Waals surface area contributed by atoms with Gasteiger partial charge in [0.15, 0.2) is 6.29 Å². The van der Waals surface area contributed by atoms with Crippen molar-refractivity contribution in [2.45, 2.75) is 71.0 Å². The monoisotopic (exact) mass is 511 g/mol. The van der Waals surface area contributed by atoms with Crippen LogP contribution >= 0.6 is 0 Å². The Bertz CT molecular complexity index is 1070. The number of amides is 1. The Hall–Kier alpha value is -2.48. The van der Waals surface area contributed by atoms with Crippen LogP contribution in [0.1, 0.15) is 51.5 Å². The molecule has 1 aliphatic heterocycles. The molecule has 0 radical (unpaired) electrons. The number of nitrogens with one attached hydrogen (secondary N) is 1. The number of carbonyl (C=O) groups is 1. The van der Waals surface area contributed by atoms with Gasteiger partial charge in [0.25, 0.3) is 0 Å². The number of aliphatic hydroxyl groups is 1. The van der Waals surface area contributed by atoms with E-state index in [2.05, 4.69) is 19.2 Å². The molecule has 5 rings (SSSR count). The lowest BCUT2D eigenvalue weighted by Crippen LogP contribution is -2.63. The van der Waals surface area contributed by atoms with Crippen LogP contribution in [0.3, 0.4) is 0 Å². The van der Waals surface area contributed by atoms with Crippen molar-refractivity contribution in [2.24, 2.45) is 22.7 Å². The predicted molar refractivity (Wildman–Crippen MR) is 137 cm³/mol. The lowest BCUT2D eigenvalue weighted by molar-refractivity contribution is -0.313. The van der Waals surface area contributed by atoms with E-state index in [9.17, 15) is 14.3 Å². The second kappa shape index (κ2) is 10.7. The third-order valence-electron chi connectivity index (χ3n) is 9.17. The summed E-state index contributed by atoms with van der Waals surface area (Å²) in [6.07, 6.45) is 2.68. The van der Waals surface area contributed by atoms with Crippen molar-refractivity contribution in [3.8, 4) is 5.75 Å². The number of hydrogen-bond acceptors (Lipinski definition) is 5. The summed E-state index contributed by atoms with van der Waals surface area (Å²) in [6.45, 7) is 5.74. The zero-order valence-electron chi connectivity index (χ0n) is 21.7. The van der Waals surface area contributed by atoms with E-state index in [-0.39, 0.29) is 46.9 Å². The van der Waals surface area contributed by atoms with Crippen molar-refractivity contribution in [3.05, 3.63) is 66.0 Å². The molecule has 2 aromatic rings. The van der Waals surface area contributed by atoms with Crippen LogP contribution in [0.15, 0.2) is 54.6 Å². The van der Waals surface area contributed by atoms with E-state index in [1.54, 1.807) is 12.1 Å². The van der Waals surface area contributed by atoms with Crippen LogP contribution in [0, 0.1) is 28.5 Å². The van der Waals surface area contributed by atoms with E-state index in [4.69, 9.17) is 14.2 Å². The molecule has 1 amide bonds. The van der Waals surface area contributed by atoms with Crippen LogP contribution < -0.4 is 10.1 Å². The Kier molecular flexibility index (Phi) is 7.57. The minimum Gasteiger partial charge on any atom is -0.488 e. The number of para-hydroxylation sites is 1. The van der Waals surface area contributed by atoms with Gasteiger partial charge in [0.1, 0.15) is 18.2 Å². The molecule has 7 heteroatoms. The van der Waals surface area contributed by atoms with Gasteiger partial charge in [-0.05, 0) is 72.8 Å². The average Bonchev–Trinajstić information content (AvgIpc) is 2.90. The van der Waals surface area contributed by atoms with Crippen molar-refractivity contribution in [2.75, 3.05) is 13.2 Å². The van der Waals surface area contributed by atoms with Gasteiger partial charge in [0.05, 0.1) is 18.8 Å². The van der Waals surface area contributed by atoms with Gasteiger partial charge in [0.2, 0.25) is 5.91 Å². The molecule has 0 unspecified atom stereocenters. The molecule has 0 bridgehead atoms. The summed E-state index contributed by atoms with van der Waals surface area (Å²) in [5.74, 6) is 0.538. The molecule has 2 N–H and O–H groups in total. The lowest BCUT2D eigenvalue weighted by Gasteiger charge is -2.62. The van der Waals surface area contributed by atoms with Gasteiger partial charge in [-0.15, -0.1) is 0 Å². The zero-order valence-corrected chi connectivity index (χ0v) is 21.7. The largest absolute Gasteiger partial charge is 0.488 e. The SMILES string of the molecule is C[C@@]12CO[C@@H](COc3ccccc3)O[C@@H]1CC[C@]1(C)[C@H]2CC[C@@H](O)[C@H]1CC(=O)NCc1ccc(F)cc1. The first-order chi connectivity index (χ1) is 17.8. The van der Waals surface area contributed by atoms with Crippen molar-refractivity contribution in [1.82, 2.24) is 5.32 Å². The number of aliphatic hydroxyl groups excluding tert-OH is 1. The molecule has 2 saturated carbocycles. The van der Waals surface area contributed by atoms with Crippen molar-refractivity contribution < 1.29 is 28.5 Å². The second-order valence-corrected chi connectivity index (χ2v) is 11.5. The number of carbonyl (C=O) groups excluding carboxylic acids is 1. The molecule has 2 aromatic carbocycles. The van der Waals surface area contributed by atoms with E-state index in [0.29, 0.717) is 26.2 Å². The summed E-state index contributed by atoms with van der Waals surface area (Å²) >= 11 is 0. The van der Waals surface area contributed by atoms with Crippen molar-refractivity contribution >= 4 is 5.91 Å². The van der Waals surface area contributed by atoms with Gasteiger partial charge >= 0.3 is 0 Å².